The molecule has 2 saturated heterocycles. The fourth-order valence-electron chi connectivity index (χ4n) is 3.17. The number of carbonyl (C=O) groups excluding carboxylic acids is 2. The van der Waals surface area contributed by atoms with Gasteiger partial charge in [0, 0.05) is 37.4 Å². The molecule has 26 heavy (non-hydrogen) atoms. The van der Waals surface area contributed by atoms with Crippen molar-refractivity contribution in [1.29, 1.82) is 0 Å². The molecule has 2 heterocycles. The molecule has 0 unspecified atom stereocenters. The average molecular weight is 372 g/mol. The van der Waals surface area contributed by atoms with Gasteiger partial charge in [-0.3, -0.25) is 9.59 Å². The van der Waals surface area contributed by atoms with Crippen LogP contribution in [0.5, 0.6) is 5.75 Å². The van der Waals surface area contributed by atoms with Crippen molar-refractivity contribution in [3.8, 4) is 5.75 Å². The van der Waals surface area contributed by atoms with Crippen LogP contribution in [0.4, 0.5) is 18.9 Å². The molecule has 2 aliphatic heterocycles. The largest absolute Gasteiger partial charge is 0.573 e. The normalized spacial score (nSPS) is 21.7. The molecule has 1 aromatic carbocycles. The number of benzene rings is 1. The maximum atomic E-state index is 12.5. The lowest BCUT2D eigenvalue weighted by atomic mass is 9.99. The van der Waals surface area contributed by atoms with Crippen LogP contribution in [0, 0.1) is 5.92 Å². The van der Waals surface area contributed by atoms with Crippen LogP contribution >= 0.6 is 0 Å². The van der Waals surface area contributed by atoms with E-state index in [0.717, 1.165) is 6.07 Å². The SMILES string of the molecule is O=C(N[C@@H]1CCN(c2cccc(OC(F)(F)F)c2)C1=O)C1CCOCC1. The Morgan fingerprint density at radius 3 is 2.65 bits per heavy atom. The molecule has 2 amide bonds. The van der Waals surface area contributed by atoms with Crippen LogP contribution in [0.25, 0.3) is 0 Å². The van der Waals surface area contributed by atoms with Gasteiger partial charge in [0.25, 0.3) is 0 Å². The van der Waals surface area contributed by atoms with Crippen molar-refractivity contribution in [3.63, 3.8) is 0 Å². The first kappa shape index (κ1) is 18.5. The number of alkyl halides is 3. The van der Waals surface area contributed by atoms with Gasteiger partial charge in [0.05, 0.1) is 0 Å². The van der Waals surface area contributed by atoms with Crippen molar-refractivity contribution in [3.05, 3.63) is 24.3 Å². The molecule has 0 saturated carbocycles. The van der Waals surface area contributed by atoms with Gasteiger partial charge in [-0.2, -0.15) is 0 Å². The number of amides is 2. The van der Waals surface area contributed by atoms with Crippen molar-refractivity contribution in [1.82, 2.24) is 5.32 Å². The lowest BCUT2D eigenvalue weighted by Gasteiger charge is -2.23. The van der Waals surface area contributed by atoms with Crippen molar-refractivity contribution < 1.29 is 32.2 Å². The van der Waals surface area contributed by atoms with Gasteiger partial charge in [-0.15, -0.1) is 13.2 Å². The molecular weight excluding hydrogens is 353 g/mol. The maximum Gasteiger partial charge on any atom is 0.573 e. The molecule has 0 bridgehead atoms. The van der Waals surface area contributed by atoms with E-state index >= 15 is 0 Å². The summed E-state index contributed by atoms with van der Waals surface area (Å²) in [4.78, 5) is 26.2. The van der Waals surface area contributed by atoms with E-state index in [1.807, 2.05) is 0 Å². The highest BCUT2D eigenvalue weighted by molar-refractivity contribution is 6.01. The molecule has 142 valence electrons. The molecule has 1 aromatic rings. The van der Waals surface area contributed by atoms with Gasteiger partial charge < -0.3 is 19.7 Å². The Morgan fingerprint density at radius 1 is 1.23 bits per heavy atom. The molecule has 2 fully saturated rings. The van der Waals surface area contributed by atoms with Crippen molar-refractivity contribution >= 4 is 17.5 Å². The Bertz CT molecular complexity index is 674. The van der Waals surface area contributed by atoms with E-state index in [2.05, 4.69) is 10.1 Å². The summed E-state index contributed by atoms with van der Waals surface area (Å²) >= 11 is 0. The van der Waals surface area contributed by atoms with Gasteiger partial charge in [-0.05, 0) is 31.4 Å². The van der Waals surface area contributed by atoms with Crippen LogP contribution in [0.2, 0.25) is 0 Å². The molecule has 2 aliphatic rings. The Labute approximate surface area is 148 Å². The number of nitrogens with zero attached hydrogens (tertiary/aromatic N) is 1. The number of halogens is 3. The van der Waals surface area contributed by atoms with E-state index in [1.165, 1.54) is 23.1 Å². The van der Waals surface area contributed by atoms with E-state index in [-0.39, 0.29) is 17.7 Å². The van der Waals surface area contributed by atoms with Gasteiger partial charge in [0.1, 0.15) is 11.8 Å². The standard InChI is InChI=1S/C17H19F3N2O4/c18-17(19,20)26-13-3-1-2-12(10-13)22-7-4-14(16(22)24)21-15(23)11-5-8-25-9-6-11/h1-3,10-11,14H,4-9H2,(H,21,23)/t14-/m1/s1. The van der Waals surface area contributed by atoms with Gasteiger partial charge in [0.2, 0.25) is 11.8 Å². The van der Waals surface area contributed by atoms with Gasteiger partial charge in [-0.1, -0.05) is 6.07 Å². The topological polar surface area (TPSA) is 67.9 Å². The summed E-state index contributed by atoms with van der Waals surface area (Å²) in [6, 6.07) is 4.58. The zero-order chi connectivity index (χ0) is 18.7. The molecule has 1 N–H and O–H groups in total. The van der Waals surface area contributed by atoms with Crippen molar-refractivity contribution in [2.75, 3.05) is 24.7 Å². The number of anilines is 1. The second kappa shape index (κ2) is 7.53. The Balaban J connectivity index is 1.63. The molecule has 0 radical (unpaired) electrons. The molecule has 6 nitrogen and oxygen atoms in total. The summed E-state index contributed by atoms with van der Waals surface area (Å²) in [6.07, 6.45) is -3.16. The van der Waals surface area contributed by atoms with Gasteiger partial charge in [-0.25, -0.2) is 0 Å². The molecule has 0 spiro atoms. The number of ether oxygens (including phenoxy) is 2. The smallest absolute Gasteiger partial charge is 0.406 e. The highest BCUT2D eigenvalue weighted by Crippen LogP contribution is 2.29. The van der Waals surface area contributed by atoms with Gasteiger partial charge in [0.15, 0.2) is 0 Å². The summed E-state index contributed by atoms with van der Waals surface area (Å²) < 4.78 is 46.2. The Hall–Kier alpha value is -2.29. The van der Waals surface area contributed by atoms with Crippen LogP contribution in [0.15, 0.2) is 24.3 Å². The van der Waals surface area contributed by atoms with E-state index in [1.54, 1.807) is 0 Å². The highest BCUT2D eigenvalue weighted by atomic mass is 19.4. The zero-order valence-electron chi connectivity index (χ0n) is 13.9. The summed E-state index contributed by atoms with van der Waals surface area (Å²) in [5.74, 6) is -1.08. The number of carbonyl (C=O) groups is 2. The second-order valence-electron chi connectivity index (χ2n) is 6.27. The Kier molecular flexibility index (Phi) is 5.36. The summed E-state index contributed by atoms with van der Waals surface area (Å²) in [5, 5.41) is 2.75. The lowest BCUT2D eigenvalue weighted by molar-refractivity contribution is -0.274. The van der Waals surface area contributed by atoms with E-state index in [4.69, 9.17) is 4.74 Å². The fraction of sp³-hybridized carbons (Fsp3) is 0.529. The predicted molar refractivity (Wildman–Crippen MR) is 85.6 cm³/mol. The Morgan fingerprint density at radius 2 is 1.96 bits per heavy atom. The van der Waals surface area contributed by atoms with Crippen LogP contribution in [0.1, 0.15) is 19.3 Å². The van der Waals surface area contributed by atoms with E-state index < -0.39 is 18.2 Å². The third-order valence-corrected chi connectivity index (χ3v) is 4.48. The monoisotopic (exact) mass is 372 g/mol. The first-order valence-electron chi connectivity index (χ1n) is 8.39. The van der Waals surface area contributed by atoms with Crippen LogP contribution < -0.4 is 15.0 Å². The van der Waals surface area contributed by atoms with Crippen molar-refractivity contribution in [2.24, 2.45) is 5.92 Å². The number of nitrogens with one attached hydrogen (secondary N) is 1. The van der Waals surface area contributed by atoms with Crippen molar-refractivity contribution in [2.45, 2.75) is 31.7 Å². The second-order valence-corrected chi connectivity index (χ2v) is 6.27. The molecular formula is C17H19F3N2O4. The summed E-state index contributed by atoms with van der Waals surface area (Å²) in [6.45, 7) is 1.36. The first-order chi connectivity index (χ1) is 12.3. The zero-order valence-corrected chi connectivity index (χ0v) is 13.9. The molecule has 1 atom stereocenters. The summed E-state index contributed by atoms with van der Waals surface area (Å²) in [5.41, 5.74) is 0.305. The number of rotatable bonds is 4. The van der Waals surface area contributed by atoms with Crippen LogP contribution in [-0.2, 0) is 14.3 Å². The minimum Gasteiger partial charge on any atom is -0.406 e. The number of hydrogen-bond acceptors (Lipinski definition) is 4. The third kappa shape index (κ3) is 4.46. The highest BCUT2D eigenvalue weighted by Gasteiger charge is 2.36. The molecule has 9 heteroatoms. The molecule has 0 aromatic heterocycles. The first-order valence-corrected chi connectivity index (χ1v) is 8.39. The molecule has 3 rings (SSSR count). The molecule has 0 aliphatic carbocycles. The fourth-order valence-corrected chi connectivity index (χ4v) is 3.17. The minimum absolute atomic E-state index is 0.172. The quantitative estimate of drug-likeness (QED) is 0.880. The van der Waals surface area contributed by atoms with Gasteiger partial charge >= 0.3 is 6.36 Å². The van der Waals surface area contributed by atoms with E-state index in [0.29, 0.717) is 44.7 Å². The summed E-state index contributed by atoms with van der Waals surface area (Å²) in [7, 11) is 0. The average Bonchev–Trinajstić information content (AvgIpc) is 2.95. The van der Waals surface area contributed by atoms with E-state index in [9.17, 15) is 22.8 Å². The van der Waals surface area contributed by atoms with Crippen LogP contribution in [-0.4, -0.2) is 44.0 Å². The number of hydrogen-bond donors (Lipinski definition) is 1. The third-order valence-electron chi connectivity index (χ3n) is 4.48. The predicted octanol–water partition coefficient (Wildman–Crippen LogP) is 2.23. The lowest BCUT2D eigenvalue weighted by Crippen LogP contribution is -2.45. The minimum atomic E-state index is -4.80. The maximum absolute atomic E-state index is 12.5. The van der Waals surface area contributed by atoms with Crippen LogP contribution in [0.3, 0.4) is 0 Å².